The summed E-state index contributed by atoms with van der Waals surface area (Å²) in [4.78, 5) is 12.5. The molecule has 0 aliphatic rings. The number of amides is 1. The number of aliphatic hydroxyl groups is 3. The van der Waals surface area contributed by atoms with Gasteiger partial charge in [0.1, 0.15) is 6.10 Å². The second kappa shape index (κ2) is 44.0. The van der Waals surface area contributed by atoms with Crippen molar-refractivity contribution in [3.63, 3.8) is 0 Å². The summed E-state index contributed by atoms with van der Waals surface area (Å²) in [5, 5.41) is 33.2. The molecule has 0 saturated carbocycles. The fourth-order valence-electron chi connectivity index (χ4n) is 6.96. The minimum atomic E-state index is -1.11. The molecule has 0 aromatic heterocycles. The first-order valence-electron chi connectivity index (χ1n) is 23.5. The molecule has 316 valence electrons. The number of unbranched alkanes of at least 4 members (excludes halogenated alkanes) is 29. The predicted molar refractivity (Wildman–Crippen MR) is 236 cm³/mol. The van der Waals surface area contributed by atoms with Gasteiger partial charge in [-0.25, -0.2) is 0 Å². The molecule has 3 atom stereocenters. The Balaban J connectivity index is 3.70. The maximum absolute atomic E-state index is 12.5. The molecule has 0 saturated heterocycles. The molecule has 3 unspecified atom stereocenters. The topological polar surface area (TPSA) is 89.8 Å². The molecule has 5 nitrogen and oxygen atoms in total. The summed E-state index contributed by atoms with van der Waals surface area (Å²) >= 11 is 0. The average molecular weight is 758 g/mol. The normalized spacial score (nSPS) is 13.9. The Morgan fingerprint density at radius 2 is 0.815 bits per heavy atom. The van der Waals surface area contributed by atoms with Crippen molar-refractivity contribution >= 4 is 5.91 Å². The summed E-state index contributed by atoms with van der Waals surface area (Å²) in [5.41, 5.74) is 0. The molecule has 5 heteroatoms. The van der Waals surface area contributed by atoms with Crippen LogP contribution in [0.5, 0.6) is 0 Å². The molecule has 0 bridgehead atoms. The Bertz CT molecular complexity index is 881. The molecule has 0 heterocycles. The molecular formula is C49H91NO4. The number of rotatable bonds is 42. The number of carbonyl (C=O) groups is 1. The van der Waals surface area contributed by atoms with Crippen molar-refractivity contribution in [1.29, 1.82) is 0 Å². The summed E-state index contributed by atoms with van der Waals surface area (Å²) in [5.74, 6) is -0.517. The smallest absolute Gasteiger partial charge is 0.249 e. The first kappa shape index (κ1) is 52.3. The standard InChI is InChI=1S/C49H91NO4/c1-3-5-7-9-11-13-15-17-19-21-23-24-25-26-28-29-31-33-35-37-39-41-43-47(52)46(45-51)50-49(54)48(53)44-42-40-38-36-34-32-30-27-22-20-18-16-14-12-10-8-6-4-2/h12,14,16,18,33,35,41,43,46-48,51-53H,3-11,13,15,17,19-32,34,36-40,42,44-45H2,1-2H3,(H,50,54)/b14-12-,18-16-,35-33+,43-41+. The van der Waals surface area contributed by atoms with Gasteiger partial charge in [-0.15, -0.1) is 0 Å². The Morgan fingerprint density at radius 1 is 0.463 bits per heavy atom. The molecule has 0 fully saturated rings. The highest BCUT2D eigenvalue weighted by molar-refractivity contribution is 5.80. The number of hydrogen-bond acceptors (Lipinski definition) is 4. The van der Waals surface area contributed by atoms with Crippen molar-refractivity contribution in [2.24, 2.45) is 0 Å². The third-order valence-corrected chi connectivity index (χ3v) is 10.7. The van der Waals surface area contributed by atoms with E-state index in [1.807, 2.05) is 6.08 Å². The van der Waals surface area contributed by atoms with E-state index in [0.29, 0.717) is 6.42 Å². The zero-order valence-corrected chi connectivity index (χ0v) is 35.8. The van der Waals surface area contributed by atoms with Gasteiger partial charge in [-0.2, -0.15) is 0 Å². The molecule has 1 amide bonds. The SMILES string of the molecule is CCCCC/C=C\C=C/CCCCCCCCCCCC(O)C(=O)NC(CO)C(O)/C=C/CC/C=C/CCCCCCCCCCCCCCCCCC. The van der Waals surface area contributed by atoms with E-state index in [9.17, 15) is 20.1 Å². The minimum absolute atomic E-state index is 0.379. The maximum Gasteiger partial charge on any atom is 0.249 e. The van der Waals surface area contributed by atoms with Gasteiger partial charge in [0, 0.05) is 0 Å². The lowest BCUT2D eigenvalue weighted by atomic mass is 10.0. The number of hydrogen-bond donors (Lipinski definition) is 4. The average Bonchev–Trinajstić information content (AvgIpc) is 3.18. The molecule has 0 aromatic rings. The lowest BCUT2D eigenvalue weighted by Crippen LogP contribution is -2.48. The van der Waals surface area contributed by atoms with Crippen molar-refractivity contribution in [2.75, 3.05) is 6.61 Å². The Morgan fingerprint density at radius 3 is 1.28 bits per heavy atom. The van der Waals surface area contributed by atoms with Gasteiger partial charge in [0.25, 0.3) is 0 Å². The summed E-state index contributed by atoms with van der Waals surface area (Å²) in [7, 11) is 0. The highest BCUT2D eigenvalue weighted by Gasteiger charge is 2.22. The Kier molecular flexibility index (Phi) is 42.7. The van der Waals surface area contributed by atoms with Gasteiger partial charge in [0.15, 0.2) is 0 Å². The predicted octanol–water partition coefficient (Wildman–Crippen LogP) is 13.7. The van der Waals surface area contributed by atoms with E-state index in [1.54, 1.807) is 6.08 Å². The van der Waals surface area contributed by atoms with Crippen molar-refractivity contribution in [1.82, 2.24) is 5.32 Å². The molecule has 0 aliphatic heterocycles. The van der Waals surface area contributed by atoms with E-state index < -0.39 is 24.2 Å². The van der Waals surface area contributed by atoms with Crippen LogP contribution in [0.2, 0.25) is 0 Å². The monoisotopic (exact) mass is 758 g/mol. The van der Waals surface area contributed by atoms with Gasteiger partial charge in [-0.05, 0) is 57.8 Å². The molecular weight excluding hydrogens is 667 g/mol. The van der Waals surface area contributed by atoms with E-state index in [4.69, 9.17) is 0 Å². The van der Waals surface area contributed by atoms with Gasteiger partial charge in [-0.3, -0.25) is 4.79 Å². The van der Waals surface area contributed by atoms with E-state index in [2.05, 4.69) is 55.6 Å². The zero-order valence-electron chi connectivity index (χ0n) is 35.8. The van der Waals surface area contributed by atoms with E-state index >= 15 is 0 Å². The van der Waals surface area contributed by atoms with E-state index in [-0.39, 0.29) is 6.61 Å². The Hall–Kier alpha value is -1.69. The van der Waals surface area contributed by atoms with Gasteiger partial charge in [-0.1, -0.05) is 223 Å². The maximum atomic E-state index is 12.5. The largest absolute Gasteiger partial charge is 0.394 e. The van der Waals surface area contributed by atoms with Gasteiger partial charge in [0.2, 0.25) is 5.91 Å². The molecule has 0 radical (unpaired) electrons. The van der Waals surface area contributed by atoms with Crippen molar-refractivity contribution < 1.29 is 20.1 Å². The van der Waals surface area contributed by atoms with Crippen LogP contribution in [0.4, 0.5) is 0 Å². The Labute approximate surface area is 336 Å². The van der Waals surface area contributed by atoms with E-state index in [1.165, 1.54) is 173 Å². The fraction of sp³-hybridized carbons (Fsp3) is 0.816. The summed E-state index contributed by atoms with van der Waals surface area (Å²) in [6.45, 7) is 4.15. The third-order valence-electron chi connectivity index (χ3n) is 10.7. The molecule has 0 rings (SSSR count). The van der Waals surface area contributed by atoms with Gasteiger partial charge >= 0.3 is 0 Å². The summed E-state index contributed by atoms with van der Waals surface area (Å²) in [6, 6.07) is -0.818. The van der Waals surface area contributed by atoms with E-state index in [0.717, 1.165) is 38.5 Å². The second-order valence-electron chi connectivity index (χ2n) is 16.0. The van der Waals surface area contributed by atoms with Crippen LogP contribution in [0.3, 0.4) is 0 Å². The van der Waals surface area contributed by atoms with Gasteiger partial charge < -0.3 is 20.6 Å². The molecule has 0 aromatic carbocycles. The first-order chi connectivity index (χ1) is 26.6. The molecule has 0 aliphatic carbocycles. The number of carbonyl (C=O) groups excluding carboxylic acids is 1. The summed E-state index contributed by atoms with van der Waals surface area (Å²) in [6.07, 6.45) is 57.2. The first-order valence-corrected chi connectivity index (χ1v) is 23.5. The lowest BCUT2D eigenvalue weighted by molar-refractivity contribution is -0.131. The van der Waals surface area contributed by atoms with Crippen LogP contribution in [-0.2, 0) is 4.79 Å². The lowest BCUT2D eigenvalue weighted by Gasteiger charge is -2.21. The third kappa shape index (κ3) is 38.6. The van der Waals surface area contributed by atoms with Crippen LogP contribution in [0.15, 0.2) is 48.6 Å². The molecule has 0 spiro atoms. The van der Waals surface area contributed by atoms with Crippen molar-refractivity contribution in [3.8, 4) is 0 Å². The van der Waals surface area contributed by atoms with Crippen LogP contribution >= 0.6 is 0 Å². The quantitative estimate of drug-likeness (QED) is 0.0284. The second-order valence-corrected chi connectivity index (χ2v) is 16.0. The van der Waals surface area contributed by atoms with Crippen LogP contribution in [0.1, 0.15) is 232 Å². The van der Waals surface area contributed by atoms with Crippen LogP contribution in [-0.4, -0.2) is 46.1 Å². The summed E-state index contributed by atoms with van der Waals surface area (Å²) < 4.78 is 0. The number of nitrogens with one attached hydrogen (secondary N) is 1. The zero-order chi connectivity index (χ0) is 39.4. The van der Waals surface area contributed by atoms with Crippen LogP contribution < -0.4 is 5.32 Å². The van der Waals surface area contributed by atoms with Crippen LogP contribution in [0, 0.1) is 0 Å². The van der Waals surface area contributed by atoms with Gasteiger partial charge in [0.05, 0.1) is 18.8 Å². The van der Waals surface area contributed by atoms with Crippen LogP contribution in [0.25, 0.3) is 0 Å². The van der Waals surface area contributed by atoms with Crippen molar-refractivity contribution in [2.45, 2.75) is 250 Å². The van der Waals surface area contributed by atoms with Crippen molar-refractivity contribution in [3.05, 3.63) is 48.6 Å². The number of allylic oxidation sites excluding steroid dienone is 7. The highest BCUT2D eigenvalue weighted by atomic mass is 16.3. The molecule has 54 heavy (non-hydrogen) atoms. The molecule has 4 N–H and O–H groups in total. The number of aliphatic hydroxyl groups excluding tert-OH is 3. The highest BCUT2D eigenvalue weighted by Crippen LogP contribution is 2.15. The minimum Gasteiger partial charge on any atom is -0.394 e. The fourth-order valence-corrected chi connectivity index (χ4v) is 6.96.